The number of rotatable bonds is 6. The van der Waals surface area contributed by atoms with Crippen molar-refractivity contribution in [3.8, 4) is 11.5 Å². The first-order valence-electron chi connectivity index (χ1n) is 14.5. The maximum absolute atomic E-state index is 13.1. The molecule has 2 amide bonds. The molecule has 1 saturated heterocycles. The Morgan fingerprint density at radius 2 is 1.57 bits per heavy atom. The largest absolute Gasteiger partial charge is 0.478 e. The van der Waals surface area contributed by atoms with E-state index in [2.05, 4.69) is 4.99 Å². The van der Waals surface area contributed by atoms with Crippen molar-refractivity contribution in [1.82, 2.24) is 5.06 Å². The Bertz CT molecular complexity index is 2400. The fourth-order valence-electron chi connectivity index (χ4n) is 6.41. The molecule has 16 nitrogen and oxygen atoms in total. The maximum Gasteiger partial charge on any atom is 0.363 e. The maximum atomic E-state index is 13.1. The molecular formula is C31H27N3O13S2. The molecule has 1 atom stereocenters. The fraction of sp³-hybridized carbons (Fsp3) is 0.258. The number of ether oxygens (including phenoxy) is 1. The van der Waals surface area contributed by atoms with Crippen LogP contribution in [-0.2, 0) is 34.7 Å². The highest BCUT2D eigenvalue weighted by Gasteiger charge is 2.38. The van der Waals surface area contributed by atoms with Crippen molar-refractivity contribution in [2.75, 3.05) is 5.73 Å². The first-order chi connectivity index (χ1) is 22.7. The van der Waals surface area contributed by atoms with Crippen molar-refractivity contribution in [3.63, 3.8) is 0 Å². The van der Waals surface area contributed by atoms with Gasteiger partial charge in [0.05, 0.1) is 27.7 Å². The van der Waals surface area contributed by atoms with Crippen LogP contribution >= 0.6 is 0 Å². The summed E-state index contributed by atoms with van der Waals surface area (Å²) in [4.78, 5) is 57.4. The smallest absolute Gasteiger partial charge is 0.363 e. The number of carboxylic acids is 1. The van der Waals surface area contributed by atoms with Crippen molar-refractivity contribution in [2.24, 2.45) is 4.99 Å². The normalized spacial score (nSPS) is 18.2. The zero-order chi connectivity index (χ0) is 36.0. The summed E-state index contributed by atoms with van der Waals surface area (Å²) in [6.45, 7) is 5.28. The number of nitrogens with zero attached hydrogens (tertiary/aromatic N) is 2. The zero-order valence-electron chi connectivity index (χ0n) is 25.9. The lowest BCUT2D eigenvalue weighted by atomic mass is 9.82. The molecule has 0 saturated carbocycles. The molecule has 18 heteroatoms. The van der Waals surface area contributed by atoms with E-state index in [1.54, 1.807) is 20.8 Å². The topological polar surface area (TPSA) is 257 Å². The number of carbonyl (C=O) groups excluding carboxylic acids is 3. The number of hydrogen-bond acceptors (Lipinski definition) is 12. The van der Waals surface area contributed by atoms with Gasteiger partial charge in [-0.15, -0.1) is 5.06 Å². The van der Waals surface area contributed by atoms with E-state index in [0.29, 0.717) is 12.0 Å². The summed E-state index contributed by atoms with van der Waals surface area (Å²) >= 11 is 0. The summed E-state index contributed by atoms with van der Waals surface area (Å²) in [5.41, 5.74) is 3.50. The lowest BCUT2D eigenvalue weighted by molar-refractivity contribution is -0.172. The number of hydroxylamine groups is 2. The second-order valence-electron chi connectivity index (χ2n) is 12.4. The number of hydrogen-bond donors (Lipinski definition) is 4. The molecule has 0 aliphatic carbocycles. The van der Waals surface area contributed by atoms with Crippen molar-refractivity contribution in [1.29, 1.82) is 0 Å². The van der Waals surface area contributed by atoms with E-state index in [1.165, 1.54) is 12.1 Å². The summed E-state index contributed by atoms with van der Waals surface area (Å²) < 4.78 is 78.1. The van der Waals surface area contributed by atoms with E-state index >= 15 is 0 Å². The predicted octanol–water partition coefficient (Wildman–Crippen LogP) is 1.94. The predicted molar refractivity (Wildman–Crippen MR) is 166 cm³/mol. The highest BCUT2D eigenvalue weighted by Crippen LogP contribution is 2.45. The molecule has 3 aromatic carbocycles. The number of anilines is 1. The zero-order valence-corrected chi connectivity index (χ0v) is 27.5. The molecule has 3 aliphatic rings. The quantitative estimate of drug-likeness (QED) is 0.127. The molecule has 1 fully saturated rings. The van der Waals surface area contributed by atoms with E-state index in [4.69, 9.17) is 15.3 Å². The van der Waals surface area contributed by atoms with Crippen molar-refractivity contribution in [3.05, 3.63) is 74.8 Å². The third kappa shape index (κ3) is 5.71. The summed E-state index contributed by atoms with van der Waals surface area (Å²) in [6, 6.07) is 7.00. The number of amides is 2. The molecule has 3 aliphatic heterocycles. The molecule has 0 radical (unpaired) electrons. The third-order valence-electron chi connectivity index (χ3n) is 8.33. The van der Waals surface area contributed by atoms with Crippen LogP contribution in [0.3, 0.4) is 0 Å². The Morgan fingerprint density at radius 3 is 2.16 bits per heavy atom. The minimum Gasteiger partial charge on any atom is -0.478 e. The van der Waals surface area contributed by atoms with Gasteiger partial charge < -0.3 is 20.4 Å². The number of imide groups is 1. The molecule has 1 unspecified atom stereocenters. The summed E-state index contributed by atoms with van der Waals surface area (Å²) in [5, 5.41) is 10.4. The van der Waals surface area contributed by atoms with Gasteiger partial charge in [-0.2, -0.15) is 16.8 Å². The molecule has 0 spiro atoms. The van der Waals surface area contributed by atoms with E-state index in [1.807, 2.05) is 0 Å². The summed E-state index contributed by atoms with van der Waals surface area (Å²) in [6.07, 6.45) is 0.0812. The highest BCUT2D eigenvalue weighted by molar-refractivity contribution is 7.86. The second kappa shape index (κ2) is 11.2. The first kappa shape index (κ1) is 33.7. The van der Waals surface area contributed by atoms with Gasteiger partial charge in [-0.3, -0.25) is 23.7 Å². The first-order valence-corrected chi connectivity index (χ1v) is 17.4. The van der Waals surface area contributed by atoms with Crippen molar-refractivity contribution >= 4 is 55.2 Å². The van der Waals surface area contributed by atoms with Gasteiger partial charge in [0.25, 0.3) is 32.1 Å². The van der Waals surface area contributed by atoms with Crippen LogP contribution in [0.4, 0.5) is 5.69 Å². The van der Waals surface area contributed by atoms with Gasteiger partial charge in [0, 0.05) is 29.2 Å². The third-order valence-corrected chi connectivity index (χ3v) is 10.2. The molecule has 3 heterocycles. The van der Waals surface area contributed by atoms with E-state index < -0.39 is 87.6 Å². The number of benzene rings is 3. The number of carboxylic acid groups (broad SMARTS) is 1. The van der Waals surface area contributed by atoms with Gasteiger partial charge in [0.2, 0.25) is 0 Å². The van der Waals surface area contributed by atoms with Crippen LogP contribution in [0.1, 0.15) is 83.4 Å². The van der Waals surface area contributed by atoms with Crippen molar-refractivity contribution < 1.29 is 59.8 Å². The molecule has 6 rings (SSSR count). The van der Waals surface area contributed by atoms with E-state index in [-0.39, 0.29) is 51.1 Å². The SMILES string of the molecule is CC1CC(C)(C)N=c2c1cc1c(c2S(=O)(=O)O)Oc2c(ccc(N)c2S(=O)(=O)O)C=1c1ccc(C(=O)ON2C(=O)CCC2=O)cc1C(=O)O. The minimum absolute atomic E-state index is 0.0993. The monoisotopic (exact) mass is 713 g/mol. The molecule has 5 N–H and O–H groups in total. The molecule has 0 aromatic heterocycles. The summed E-state index contributed by atoms with van der Waals surface area (Å²) in [5.74, 6) is -6.04. The number of carbonyl (C=O) groups is 4. The Hall–Kier alpha value is -5.17. The fourth-order valence-corrected chi connectivity index (χ4v) is 7.96. The molecule has 256 valence electrons. The number of nitrogen functional groups attached to an aromatic ring is 1. The Labute approximate surface area is 277 Å². The van der Waals surface area contributed by atoms with Gasteiger partial charge >= 0.3 is 11.9 Å². The van der Waals surface area contributed by atoms with Crippen LogP contribution in [0.2, 0.25) is 0 Å². The Morgan fingerprint density at radius 1 is 0.959 bits per heavy atom. The highest BCUT2D eigenvalue weighted by atomic mass is 32.2. The lowest BCUT2D eigenvalue weighted by Gasteiger charge is -2.32. The van der Waals surface area contributed by atoms with Crippen molar-refractivity contribution in [2.45, 2.75) is 61.3 Å². The lowest BCUT2D eigenvalue weighted by Crippen LogP contribution is -2.37. The Kier molecular flexibility index (Phi) is 7.70. The molecule has 0 bridgehead atoms. The number of nitrogens with two attached hydrogens (primary N) is 1. The van der Waals surface area contributed by atoms with Gasteiger partial charge in [-0.1, -0.05) is 13.0 Å². The van der Waals surface area contributed by atoms with Crippen LogP contribution in [0, 0.1) is 0 Å². The molecule has 49 heavy (non-hydrogen) atoms. The van der Waals surface area contributed by atoms with Crippen LogP contribution in [0.25, 0.3) is 5.57 Å². The standard InChI is InChI=1S/C31H27N3O13S2/c1-13-12-31(2,3)33-24-17(13)11-19-23(15-5-4-14(10-18(15)29(37)38)30(39)47-34-21(35)8-9-22(34)36)16-6-7-20(32)27(48(40,41)42)25(16)46-26(19)28(24)49(43,44)45/h4-7,10-11,13H,8-9,12,32H2,1-3H3,(H,37,38)(H,40,41,42)(H,43,44,45). The number of aromatic carboxylic acids is 1. The van der Waals surface area contributed by atoms with Crippen LogP contribution in [-0.4, -0.2) is 65.4 Å². The summed E-state index contributed by atoms with van der Waals surface area (Å²) in [7, 11) is -10.4. The van der Waals surface area contributed by atoms with Gasteiger partial charge in [0.15, 0.2) is 21.3 Å². The van der Waals surface area contributed by atoms with Crippen LogP contribution in [0.5, 0.6) is 11.5 Å². The second-order valence-corrected chi connectivity index (χ2v) is 15.1. The van der Waals surface area contributed by atoms with Gasteiger partial charge in [-0.05, 0) is 67.6 Å². The number of fused-ring (bicyclic) bond motifs is 3. The van der Waals surface area contributed by atoms with E-state index in [0.717, 1.165) is 24.3 Å². The molecule has 3 aromatic rings. The van der Waals surface area contributed by atoms with Crippen LogP contribution in [0.15, 0.2) is 51.2 Å². The van der Waals surface area contributed by atoms with Crippen LogP contribution < -0.4 is 21.0 Å². The Balaban J connectivity index is 1.74. The molecular weight excluding hydrogens is 686 g/mol. The average molecular weight is 714 g/mol. The average Bonchev–Trinajstić information content (AvgIpc) is 3.29. The van der Waals surface area contributed by atoms with E-state index in [9.17, 15) is 50.2 Å². The van der Waals surface area contributed by atoms with Gasteiger partial charge in [-0.25, -0.2) is 9.59 Å². The minimum atomic E-state index is -5.20. The van der Waals surface area contributed by atoms with Gasteiger partial charge in [0.1, 0.15) is 0 Å².